The summed E-state index contributed by atoms with van der Waals surface area (Å²) in [6.45, 7) is 8.12. The van der Waals surface area contributed by atoms with Gasteiger partial charge in [0.2, 0.25) is 0 Å². The summed E-state index contributed by atoms with van der Waals surface area (Å²) in [7, 11) is 1.66. The van der Waals surface area contributed by atoms with Crippen molar-refractivity contribution in [3.8, 4) is 22.9 Å². The molecule has 32 heavy (non-hydrogen) atoms. The van der Waals surface area contributed by atoms with Crippen LogP contribution in [0.5, 0.6) is 5.75 Å². The van der Waals surface area contributed by atoms with E-state index in [1.54, 1.807) is 24.0 Å². The lowest BCUT2D eigenvalue weighted by Crippen LogP contribution is -2.43. The van der Waals surface area contributed by atoms with E-state index in [9.17, 15) is 5.26 Å². The zero-order chi connectivity index (χ0) is 21.1. The first-order valence-corrected chi connectivity index (χ1v) is 10.0. The van der Waals surface area contributed by atoms with E-state index in [0.29, 0.717) is 17.9 Å². The number of halogens is 2. The molecule has 0 saturated carbocycles. The number of pyridine rings is 2. The highest BCUT2D eigenvalue weighted by atomic mass is 35.5. The molecule has 0 aromatic carbocycles. The van der Waals surface area contributed by atoms with E-state index in [1.807, 2.05) is 38.2 Å². The van der Waals surface area contributed by atoms with Crippen LogP contribution >= 0.6 is 24.8 Å². The highest BCUT2D eigenvalue weighted by molar-refractivity contribution is 5.86. The smallest absolute Gasteiger partial charge is 0.138 e. The molecule has 1 fully saturated rings. The van der Waals surface area contributed by atoms with Gasteiger partial charge in [-0.2, -0.15) is 10.4 Å². The van der Waals surface area contributed by atoms with Crippen molar-refractivity contribution in [3.63, 3.8) is 0 Å². The van der Waals surface area contributed by atoms with Gasteiger partial charge in [-0.05, 0) is 32.0 Å². The fourth-order valence-electron chi connectivity index (χ4n) is 3.42. The van der Waals surface area contributed by atoms with Crippen molar-refractivity contribution >= 4 is 36.1 Å². The minimum Gasteiger partial charge on any atom is -0.489 e. The molecule has 1 saturated heterocycles. The summed E-state index contributed by atoms with van der Waals surface area (Å²) in [4.78, 5) is 6.94. The predicted molar refractivity (Wildman–Crippen MR) is 129 cm³/mol. The van der Waals surface area contributed by atoms with Gasteiger partial charge in [0.05, 0.1) is 29.1 Å². The Hall–Kier alpha value is -2.57. The molecule has 0 aliphatic carbocycles. The van der Waals surface area contributed by atoms with Crippen LogP contribution < -0.4 is 15.0 Å². The number of hydrogen-bond acceptors (Lipinski definition) is 7. The van der Waals surface area contributed by atoms with Crippen LogP contribution in [0.4, 0.5) is 5.82 Å². The SMILES string of the molecule is COC(C)(C)COc1cc(-c2ccc(N3CCNCC3)nc2)c2c(C#N)cnn2c1.Cl.Cl. The molecule has 1 aliphatic rings. The van der Waals surface area contributed by atoms with Gasteiger partial charge in [0.1, 0.15) is 24.2 Å². The van der Waals surface area contributed by atoms with E-state index >= 15 is 0 Å². The van der Waals surface area contributed by atoms with Crippen molar-refractivity contribution in [1.29, 1.82) is 5.26 Å². The molecule has 1 aliphatic heterocycles. The third-order valence-corrected chi connectivity index (χ3v) is 5.35. The second kappa shape index (κ2) is 10.8. The Kier molecular flexibility index (Phi) is 8.70. The molecule has 172 valence electrons. The molecular weight excluding hydrogens is 451 g/mol. The van der Waals surface area contributed by atoms with Gasteiger partial charge in [-0.1, -0.05) is 0 Å². The van der Waals surface area contributed by atoms with Crippen molar-refractivity contribution in [1.82, 2.24) is 19.9 Å². The summed E-state index contributed by atoms with van der Waals surface area (Å²) in [6, 6.07) is 8.23. The summed E-state index contributed by atoms with van der Waals surface area (Å²) >= 11 is 0. The molecule has 4 rings (SSSR count). The van der Waals surface area contributed by atoms with Crippen LogP contribution in [0.2, 0.25) is 0 Å². The van der Waals surface area contributed by atoms with Gasteiger partial charge in [-0.15, -0.1) is 24.8 Å². The van der Waals surface area contributed by atoms with Gasteiger partial charge in [0.25, 0.3) is 0 Å². The Bertz CT molecular complexity index is 1070. The lowest BCUT2D eigenvalue weighted by molar-refractivity contribution is -0.0147. The molecule has 0 spiro atoms. The Morgan fingerprint density at radius 1 is 1.19 bits per heavy atom. The fourth-order valence-corrected chi connectivity index (χ4v) is 3.42. The van der Waals surface area contributed by atoms with Crippen molar-refractivity contribution < 1.29 is 9.47 Å². The first-order valence-electron chi connectivity index (χ1n) is 10.0. The summed E-state index contributed by atoms with van der Waals surface area (Å²) < 4.78 is 13.1. The first kappa shape index (κ1) is 25.7. The molecule has 4 heterocycles. The number of nitrogens with zero attached hydrogens (tertiary/aromatic N) is 5. The monoisotopic (exact) mass is 478 g/mol. The quantitative estimate of drug-likeness (QED) is 0.580. The van der Waals surface area contributed by atoms with Gasteiger partial charge < -0.3 is 19.7 Å². The molecule has 0 atom stereocenters. The largest absolute Gasteiger partial charge is 0.489 e. The molecule has 0 radical (unpaired) electrons. The Morgan fingerprint density at radius 2 is 1.94 bits per heavy atom. The molecule has 1 N–H and O–H groups in total. The number of anilines is 1. The van der Waals surface area contributed by atoms with Crippen molar-refractivity contribution in [2.45, 2.75) is 19.4 Å². The highest BCUT2D eigenvalue weighted by Gasteiger charge is 2.19. The van der Waals surface area contributed by atoms with Gasteiger partial charge in [-0.25, -0.2) is 9.50 Å². The van der Waals surface area contributed by atoms with E-state index < -0.39 is 5.60 Å². The number of rotatable bonds is 6. The number of fused-ring (bicyclic) bond motifs is 1. The molecule has 3 aromatic heterocycles. The lowest BCUT2D eigenvalue weighted by Gasteiger charge is -2.28. The van der Waals surface area contributed by atoms with Crippen LogP contribution in [-0.4, -0.2) is 60.1 Å². The van der Waals surface area contributed by atoms with Crippen LogP contribution in [0.25, 0.3) is 16.6 Å². The minimum atomic E-state index is -0.413. The number of nitriles is 1. The second-order valence-electron chi connectivity index (χ2n) is 7.95. The van der Waals surface area contributed by atoms with E-state index in [0.717, 1.165) is 48.6 Å². The Balaban J connectivity index is 0.00000181. The van der Waals surface area contributed by atoms with Crippen LogP contribution in [-0.2, 0) is 4.74 Å². The number of methoxy groups -OCH3 is 1. The Morgan fingerprint density at radius 3 is 2.56 bits per heavy atom. The molecule has 8 nitrogen and oxygen atoms in total. The summed E-state index contributed by atoms with van der Waals surface area (Å²) in [5, 5.41) is 17.2. The summed E-state index contributed by atoms with van der Waals surface area (Å²) in [6.07, 6.45) is 5.21. The van der Waals surface area contributed by atoms with E-state index in [1.165, 1.54) is 0 Å². The third-order valence-electron chi connectivity index (χ3n) is 5.35. The first-order chi connectivity index (χ1) is 14.5. The standard InChI is InChI=1S/C22H26N6O2.2ClH/c1-22(2,29-3)15-30-18-10-19(21-17(11-23)13-26-28(21)14-18)16-4-5-20(25-12-16)27-8-6-24-7-9-27;;/h4-5,10,12-14,24H,6-9,15H2,1-3H3;2*1H. The summed E-state index contributed by atoms with van der Waals surface area (Å²) in [5.41, 5.74) is 2.61. The topological polar surface area (TPSA) is 87.7 Å². The van der Waals surface area contributed by atoms with Crippen molar-refractivity contribution in [2.24, 2.45) is 0 Å². The number of hydrogen-bond donors (Lipinski definition) is 1. The molecular formula is C22H28Cl2N6O2. The van der Waals surface area contributed by atoms with Gasteiger partial charge >= 0.3 is 0 Å². The third kappa shape index (κ3) is 5.43. The maximum absolute atomic E-state index is 9.54. The number of nitrogens with one attached hydrogen (secondary N) is 1. The van der Waals surface area contributed by atoms with Crippen LogP contribution in [0.3, 0.4) is 0 Å². The Labute approximate surface area is 200 Å². The number of aromatic nitrogens is 3. The molecule has 0 amide bonds. The molecule has 10 heteroatoms. The van der Waals surface area contributed by atoms with Crippen molar-refractivity contribution in [2.75, 3.05) is 44.8 Å². The van der Waals surface area contributed by atoms with Crippen LogP contribution in [0, 0.1) is 11.3 Å². The lowest BCUT2D eigenvalue weighted by atomic mass is 10.1. The summed E-state index contributed by atoms with van der Waals surface area (Å²) in [5.74, 6) is 1.61. The molecule has 0 unspecified atom stereocenters. The number of ether oxygens (including phenoxy) is 2. The average Bonchev–Trinajstić information content (AvgIpc) is 3.21. The zero-order valence-electron chi connectivity index (χ0n) is 18.4. The maximum atomic E-state index is 9.54. The van der Waals surface area contributed by atoms with Gasteiger partial charge in [-0.3, -0.25) is 0 Å². The molecule has 0 bridgehead atoms. The normalized spacial score (nSPS) is 13.8. The van der Waals surface area contributed by atoms with Crippen molar-refractivity contribution in [3.05, 3.63) is 42.4 Å². The average molecular weight is 479 g/mol. The van der Waals surface area contributed by atoms with Crippen LogP contribution in [0.15, 0.2) is 36.8 Å². The second-order valence-corrected chi connectivity index (χ2v) is 7.95. The van der Waals surface area contributed by atoms with Gasteiger partial charge in [0, 0.05) is 50.6 Å². The van der Waals surface area contributed by atoms with E-state index in [2.05, 4.69) is 26.4 Å². The maximum Gasteiger partial charge on any atom is 0.138 e. The molecule has 3 aromatic rings. The van der Waals surface area contributed by atoms with Gasteiger partial charge in [0.15, 0.2) is 0 Å². The van der Waals surface area contributed by atoms with Crippen LogP contribution in [0.1, 0.15) is 19.4 Å². The minimum absolute atomic E-state index is 0. The predicted octanol–water partition coefficient (Wildman–Crippen LogP) is 3.32. The van der Waals surface area contributed by atoms with E-state index in [-0.39, 0.29) is 24.8 Å². The van der Waals surface area contributed by atoms with E-state index in [4.69, 9.17) is 9.47 Å². The number of piperazine rings is 1. The fraction of sp³-hybridized carbons (Fsp3) is 0.409. The zero-order valence-corrected chi connectivity index (χ0v) is 20.0. The highest BCUT2D eigenvalue weighted by Crippen LogP contribution is 2.31.